The maximum absolute atomic E-state index is 11.8. The first-order valence-electron chi connectivity index (χ1n) is 7.73. The van der Waals surface area contributed by atoms with Gasteiger partial charge in [0.1, 0.15) is 11.8 Å². The number of carbonyl (C=O) groups excluding carboxylic acids is 2. The predicted molar refractivity (Wildman–Crippen MR) is 83.5 cm³/mol. The molecule has 124 valence electrons. The van der Waals surface area contributed by atoms with E-state index in [9.17, 15) is 14.4 Å². The highest BCUT2D eigenvalue weighted by Crippen LogP contribution is 2.32. The number of ether oxygens (including phenoxy) is 1. The predicted octanol–water partition coefficient (Wildman–Crippen LogP) is 2.03. The van der Waals surface area contributed by atoms with Gasteiger partial charge in [-0.1, -0.05) is 12.1 Å². The molecule has 2 N–H and O–H groups in total. The minimum atomic E-state index is -0.974. The van der Waals surface area contributed by atoms with Crippen LogP contribution in [0.5, 0.6) is 5.75 Å². The molecule has 2 rings (SSSR count). The van der Waals surface area contributed by atoms with Crippen LogP contribution in [0, 0.1) is 5.92 Å². The van der Waals surface area contributed by atoms with E-state index in [0.29, 0.717) is 24.3 Å². The fourth-order valence-corrected chi connectivity index (χ4v) is 2.28. The van der Waals surface area contributed by atoms with E-state index in [1.807, 2.05) is 0 Å². The summed E-state index contributed by atoms with van der Waals surface area (Å²) in [6, 6.07) is 6.10. The van der Waals surface area contributed by atoms with Crippen LogP contribution < -0.4 is 10.1 Å². The SMILES string of the molecule is CC(=O)c1cccc(OCCCC(=O)NC(C(=O)O)C2CC2)c1. The number of hydrogen-bond donors (Lipinski definition) is 2. The minimum absolute atomic E-state index is 0.0328. The molecule has 0 heterocycles. The van der Waals surface area contributed by atoms with Crippen molar-refractivity contribution in [3.05, 3.63) is 29.8 Å². The van der Waals surface area contributed by atoms with Crippen LogP contribution in [0.2, 0.25) is 0 Å². The summed E-state index contributed by atoms with van der Waals surface area (Å²) in [5, 5.41) is 11.6. The van der Waals surface area contributed by atoms with E-state index in [-0.39, 0.29) is 24.0 Å². The Balaban J connectivity index is 1.70. The van der Waals surface area contributed by atoms with Gasteiger partial charge in [0, 0.05) is 12.0 Å². The van der Waals surface area contributed by atoms with Crippen molar-refractivity contribution in [3.63, 3.8) is 0 Å². The molecule has 0 spiro atoms. The summed E-state index contributed by atoms with van der Waals surface area (Å²) >= 11 is 0. The number of hydrogen-bond acceptors (Lipinski definition) is 4. The second-order valence-corrected chi connectivity index (χ2v) is 5.76. The molecule has 6 nitrogen and oxygen atoms in total. The van der Waals surface area contributed by atoms with E-state index in [0.717, 1.165) is 12.8 Å². The molecule has 0 saturated heterocycles. The third-order valence-corrected chi connectivity index (χ3v) is 3.73. The van der Waals surface area contributed by atoms with Crippen LogP contribution in [0.4, 0.5) is 0 Å². The number of nitrogens with one attached hydrogen (secondary N) is 1. The molecule has 1 aromatic rings. The minimum Gasteiger partial charge on any atom is -0.494 e. The van der Waals surface area contributed by atoms with Crippen LogP contribution >= 0.6 is 0 Å². The van der Waals surface area contributed by atoms with E-state index >= 15 is 0 Å². The van der Waals surface area contributed by atoms with Crippen molar-refractivity contribution in [1.29, 1.82) is 0 Å². The van der Waals surface area contributed by atoms with Crippen LogP contribution in [0.3, 0.4) is 0 Å². The van der Waals surface area contributed by atoms with Gasteiger partial charge in [-0.05, 0) is 44.2 Å². The number of carboxylic acids is 1. The third kappa shape index (κ3) is 5.39. The molecule has 0 aliphatic heterocycles. The smallest absolute Gasteiger partial charge is 0.326 e. The van der Waals surface area contributed by atoms with Gasteiger partial charge >= 0.3 is 5.97 Å². The number of carboxylic acid groups (broad SMARTS) is 1. The fraction of sp³-hybridized carbons (Fsp3) is 0.471. The second-order valence-electron chi connectivity index (χ2n) is 5.76. The van der Waals surface area contributed by atoms with Crippen molar-refractivity contribution in [1.82, 2.24) is 5.32 Å². The number of Topliss-reactive ketones (excluding diaryl/α,β-unsaturated/α-hetero) is 1. The Morgan fingerprint density at radius 2 is 2.09 bits per heavy atom. The first kappa shape index (κ1) is 17.0. The van der Waals surface area contributed by atoms with Gasteiger partial charge in [0.15, 0.2) is 5.78 Å². The summed E-state index contributed by atoms with van der Waals surface area (Å²) in [6.45, 7) is 1.82. The Morgan fingerprint density at radius 1 is 1.35 bits per heavy atom. The van der Waals surface area contributed by atoms with Gasteiger partial charge in [-0.25, -0.2) is 4.79 Å². The number of amides is 1. The molecular formula is C17H21NO5. The van der Waals surface area contributed by atoms with E-state index in [4.69, 9.17) is 9.84 Å². The maximum Gasteiger partial charge on any atom is 0.326 e. The van der Waals surface area contributed by atoms with Crippen molar-refractivity contribution in [2.75, 3.05) is 6.61 Å². The second kappa shape index (κ2) is 7.76. The molecule has 1 fully saturated rings. The molecule has 1 amide bonds. The Bertz CT molecular complexity index is 594. The van der Waals surface area contributed by atoms with Crippen LogP contribution in [0.25, 0.3) is 0 Å². The van der Waals surface area contributed by atoms with Crippen molar-refractivity contribution in [2.24, 2.45) is 5.92 Å². The number of benzene rings is 1. The van der Waals surface area contributed by atoms with Crippen LogP contribution in [0.1, 0.15) is 43.0 Å². The average Bonchev–Trinajstić information content (AvgIpc) is 3.34. The molecular weight excluding hydrogens is 298 g/mol. The van der Waals surface area contributed by atoms with Crippen molar-refractivity contribution < 1.29 is 24.2 Å². The van der Waals surface area contributed by atoms with Crippen molar-refractivity contribution >= 4 is 17.7 Å². The number of aliphatic carboxylic acids is 1. The Labute approximate surface area is 134 Å². The van der Waals surface area contributed by atoms with Gasteiger partial charge in [0.05, 0.1) is 6.61 Å². The average molecular weight is 319 g/mol. The first-order valence-corrected chi connectivity index (χ1v) is 7.73. The number of ketones is 1. The zero-order chi connectivity index (χ0) is 16.8. The third-order valence-electron chi connectivity index (χ3n) is 3.73. The summed E-state index contributed by atoms with van der Waals surface area (Å²) in [7, 11) is 0. The van der Waals surface area contributed by atoms with Crippen molar-refractivity contribution in [3.8, 4) is 5.75 Å². The fourth-order valence-electron chi connectivity index (χ4n) is 2.28. The lowest BCUT2D eigenvalue weighted by atomic mass is 10.1. The van der Waals surface area contributed by atoms with Gasteiger partial charge in [-0.15, -0.1) is 0 Å². The van der Waals surface area contributed by atoms with E-state index in [1.165, 1.54) is 6.92 Å². The summed E-state index contributed by atoms with van der Waals surface area (Å²) in [6.07, 6.45) is 2.40. The van der Waals surface area contributed by atoms with Gasteiger partial charge in [0.25, 0.3) is 0 Å². The molecule has 1 atom stereocenters. The molecule has 1 aliphatic rings. The summed E-state index contributed by atoms with van der Waals surface area (Å²) in [5.41, 5.74) is 0.578. The summed E-state index contributed by atoms with van der Waals surface area (Å²) < 4.78 is 5.51. The molecule has 0 bridgehead atoms. The maximum atomic E-state index is 11.8. The summed E-state index contributed by atoms with van der Waals surface area (Å²) in [5.74, 6) is -0.625. The Hall–Kier alpha value is -2.37. The monoisotopic (exact) mass is 319 g/mol. The molecule has 0 radical (unpaired) electrons. The lowest BCUT2D eigenvalue weighted by Gasteiger charge is -2.13. The van der Waals surface area contributed by atoms with Crippen LogP contribution in [-0.2, 0) is 9.59 Å². The molecule has 1 aromatic carbocycles. The summed E-state index contributed by atoms with van der Waals surface area (Å²) in [4.78, 5) is 34.1. The normalized spacial score (nSPS) is 14.8. The lowest BCUT2D eigenvalue weighted by Crippen LogP contribution is -2.42. The zero-order valence-corrected chi connectivity index (χ0v) is 13.1. The molecule has 1 aliphatic carbocycles. The quantitative estimate of drug-likeness (QED) is 0.536. The number of rotatable bonds is 9. The number of carbonyl (C=O) groups is 3. The Morgan fingerprint density at radius 3 is 2.70 bits per heavy atom. The van der Waals surface area contributed by atoms with Crippen LogP contribution in [-0.4, -0.2) is 35.4 Å². The highest BCUT2D eigenvalue weighted by molar-refractivity contribution is 5.94. The highest BCUT2D eigenvalue weighted by Gasteiger charge is 2.37. The molecule has 1 unspecified atom stereocenters. The molecule has 0 aromatic heterocycles. The Kier molecular flexibility index (Phi) is 5.73. The largest absolute Gasteiger partial charge is 0.494 e. The van der Waals surface area contributed by atoms with Crippen molar-refractivity contribution in [2.45, 2.75) is 38.6 Å². The van der Waals surface area contributed by atoms with Crippen LogP contribution in [0.15, 0.2) is 24.3 Å². The first-order chi connectivity index (χ1) is 11.0. The molecule has 6 heteroatoms. The zero-order valence-electron chi connectivity index (χ0n) is 13.1. The molecule has 23 heavy (non-hydrogen) atoms. The highest BCUT2D eigenvalue weighted by atomic mass is 16.5. The van der Waals surface area contributed by atoms with Gasteiger partial charge in [0.2, 0.25) is 5.91 Å². The van der Waals surface area contributed by atoms with Gasteiger partial charge in [-0.2, -0.15) is 0 Å². The van der Waals surface area contributed by atoms with Gasteiger partial charge in [-0.3, -0.25) is 9.59 Å². The lowest BCUT2D eigenvalue weighted by molar-refractivity contribution is -0.142. The topological polar surface area (TPSA) is 92.7 Å². The standard InChI is InChI=1S/C17H21NO5/c1-11(19)13-4-2-5-14(10-13)23-9-3-6-15(20)18-16(17(21)22)12-7-8-12/h2,4-5,10,12,16H,3,6-9H2,1H3,(H,18,20)(H,21,22). The molecule has 1 saturated carbocycles. The van der Waals surface area contributed by atoms with Gasteiger partial charge < -0.3 is 15.2 Å². The van der Waals surface area contributed by atoms with E-state index < -0.39 is 12.0 Å². The van der Waals surface area contributed by atoms with E-state index in [2.05, 4.69) is 5.32 Å². The van der Waals surface area contributed by atoms with E-state index in [1.54, 1.807) is 24.3 Å².